The number of hydrogen-bond acceptors (Lipinski definition) is 2. The molecule has 2 nitrogen and oxygen atoms in total. The molecule has 0 spiro atoms. The van der Waals surface area contributed by atoms with Crippen molar-refractivity contribution in [2.75, 3.05) is 0 Å². The Hall–Kier alpha value is -0.420. The van der Waals surface area contributed by atoms with Crippen LogP contribution in [-0.4, -0.2) is 8.90 Å². The summed E-state index contributed by atoms with van der Waals surface area (Å²) in [7, 11) is 0. The minimum Gasteiger partial charge on any atom is -0.392 e. The van der Waals surface area contributed by atoms with E-state index in [1.54, 1.807) is 46.9 Å². The largest absolute Gasteiger partial charge is 0.392 e. The summed E-state index contributed by atoms with van der Waals surface area (Å²) in [5.74, 6) is 0. The molecule has 3 heteroatoms. The Labute approximate surface area is 117 Å². The van der Waals surface area contributed by atoms with E-state index in [4.69, 9.17) is 5.11 Å². The highest BCUT2D eigenvalue weighted by Crippen LogP contribution is 2.15. The maximum absolute atomic E-state index is 10.8. The number of halogens is 1. The second-order valence-electron chi connectivity index (χ2n) is 4.25. The second kappa shape index (κ2) is 8.64. The number of carbonyl (C=O) groups is 1. The fraction of sp³-hybridized carbons (Fsp3) is 0.500. The van der Waals surface area contributed by atoms with Crippen LogP contribution in [-0.2, 0) is 6.61 Å². The van der Waals surface area contributed by atoms with E-state index in [0.717, 1.165) is 5.56 Å². The van der Waals surface area contributed by atoms with Crippen LogP contribution in [0.3, 0.4) is 0 Å². The first-order valence-corrected chi connectivity index (χ1v) is 7.21. The number of hydrogen-bond donors (Lipinski definition) is 1. The predicted octanol–water partition coefficient (Wildman–Crippen LogP) is 4.09. The zero-order valence-electron chi connectivity index (χ0n) is 9.99. The van der Waals surface area contributed by atoms with Crippen molar-refractivity contribution in [1.82, 2.24) is 0 Å². The highest BCUT2D eigenvalue weighted by molar-refractivity contribution is 14.1. The molecule has 2 rings (SSSR count). The summed E-state index contributed by atoms with van der Waals surface area (Å²) in [6, 6.07) is 6.96. The zero-order chi connectivity index (χ0) is 12.5. The summed E-state index contributed by atoms with van der Waals surface area (Å²) >= 11 is 1.72. The monoisotopic (exact) mass is 346 g/mol. The quantitative estimate of drug-likeness (QED) is 0.647. The van der Waals surface area contributed by atoms with Crippen LogP contribution >= 0.6 is 22.6 Å². The van der Waals surface area contributed by atoms with Crippen LogP contribution in [0, 0.1) is 0 Å². The Kier molecular flexibility index (Phi) is 7.44. The predicted molar refractivity (Wildman–Crippen MR) is 78.4 cm³/mol. The minimum atomic E-state index is -0.0161. The van der Waals surface area contributed by atoms with Gasteiger partial charge >= 0.3 is 0 Å². The number of rotatable bonds is 2. The molecule has 0 aliphatic heterocycles. The van der Waals surface area contributed by atoms with Crippen molar-refractivity contribution in [2.45, 2.75) is 45.1 Å². The molecular weight excluding hydrogens is 327 g/mol. The molecule has 0 radical (unpaired) electrons. The first kappa shape index (κ1) is 14.6. The third-order valence-electron chi connectivity index (χ3n) is 2.84. The lowest BCUT2D eigenvalue weighted by atomic mass is 10.0. The molecule has 0 amide bonds. The molecule has 1 aliphatic carbocycles. The van der Waals surface area contributed by atoms with Crippen LogP contribution in [0.5, 0.6) is 0 Å². The van der Waals surface area contributed by atoms with Crippen molar-refractivity contribution in [3.8, 4) is 0 Å². The second-order valence-corrected chi connectivity index (χ2v) is 5.23. The molecule has 94 valence electrons. The summed E-state index contributed by atoms with van der Waals surface area (Å²) in [6.07, 6.45) is 9.00. The van der Waals surface area contributed by atoms with E-state index >= 15 is 0 Å². The first-order chi connectivity index (χ1) is 8.24. The van der Waals surface area contributed by atoms with Crippen molar-refractivity contribution in [1.29, 1.82) is 0 Å². The summed E-state index contributed by atoms with van der Waals surface area (Å²) in [4.78, 5) is 10.8. The number of carbonyl (C=O) groups excluding carboxylic acids is 1. The molecule has 1 aliphatic rings. The third-order valence-corrected chi connectivity index (χ3v) is 3.46. The highest BCUT2D eigenvalue weighted by atomic mass is 127. The smallest absolute Gasteiger partial charge is 0.222 e. The van der Waals surface area contributed by atoms with Gasteiger partial charge in [0.1, 0.15) is 0 Å². The van der Waals surface area contributed by atoms with Crippen molar-refractivity contribution >= 4 is 26.4 Å². The maximum Gasteiger partial charge on any atom is 0.222 e. The molecule has 0 atom stereocenters. The lowest BCUT2D eigenvalue weighted by molar-refractivity contribution is 0.110. The summed E-state index contributed by atoms with van der Waals surface area (Å²) in [5, 5.41) is 8.73. The van der Waals surface area contributed by atoms with Crippen molar-refractivity contribution in [3.05, 3.63) is 35.4 Å². The summed E-state index contributed by atoms with van der Waals surface area (Å²) < 4.78 is -0.00194. The van der Waals surface area contributed by atoms with Crippen molar-refractivity contribution in [2.24, 2.45) is 0 Å². The molecular formula is C14H19IO2. The third kappa shape index (κ3) is 6.17. The molecule has 0 unspecified atom stereocenters. The zero-order valence-corrected chi connectivity index (χ0v) is 12.2. The van der Waals surface area contributed by atoms with Crippen molar-refractivity contribution in [3.63, 3.8) is 0 Å². The van der Waals surface area contributed by atoms with Crippen LogP contribution in [0.25, 0.3) is 0 Å². The van der Waals surface area contributed by atoms with Gasteiger partial charge in [0, 0.05) is 28.2 Å². The molecule has 17 heavy (non-hydrogen) atoms. The van der Waals surface area contributed by atoms with Gasteiger partial charge in [0.25, 0.3) is 0 Å². The van der Waals surface area contributed by atoms with Crippen LogP contribution in [0.4, 0.5) is 0 Å². The lowest BCUT2D eigenvalue weighted by Gasteiger charge is -2.05. The van der Waals surface area contributed by atoms with Gasteiger partial charge in [-0.3, -0.25) is 4.79 Å². The fourth-order valence-corrected chi connectivity index (χ4v) is 2.19. The molecule has 0 saturated heterocycles. The average Bonchev–Trinajstić information content (AvgIpc) is 2.41. The van der Waals surface area contributed by atoms with E-state index in [2.05, 4.69) is 0 Å². The van der Waals surface area contributed by atoms with Gasteiger partial charge in [0.05, 0.1) is 6.61 Å². The molecule has 0 bridgehead atoms. The Balaban J connectivity index is 0.000000202. The van der Waals surface area contributed by atoms with E-state index in [9.17, 15) is 4.79 Å². The molecule has 1 N–H and O–H groups in total. The number of aliphatic hydroxyl groups excluding tert-OH is 1. The molecule has 1 aromatic rings. The maximum atomic E-state index is 10.8. The van der Waals surface area contributed by atoms with Gasteiger partial charge in [0.15, 0.2) is 0 Å². The van der Waals surface area contributed by atoms with Gasteiger partial charge in [-0.2, -0.15) is 0 Å². The molecule has 0 heterocycles. The van der Waals surface area contributed by atoms with E-state index < -0.39 is 0 Å². The van der Waals surface area contributed by atoms with Crippen LogP contribution in [0.15, 0.2) is 24.3 Å². The topological polar surface area (TPSA) is 37.3 Å². The minimum absolute atomic E-state index is 0.00194. The molecule has 0 aromatic heterocycles. The Morgan fingerprint density at radius 1 is 1.12 bits per heavy atom. The Morgan fingerprint density at radius 2 is 1.65 bits per heavy atom. The van der Waals surface area contributed by atoms with Crippen LogP contribution in [0.1, 0.15) is 54.4 Å². The highest BCUT2D eigenvalue weighted by Gasteiger charge is 1.99. The molecule has 1 fully saturated rings. The fourth-order valence-electron chi connectivity index (χ4n) is 1.85. The number of benzene rings is 1. The van der Waals surface area contributed by atoms with Gasteiger partial charge in [-0.1, -0.05) is 56.7 Å². The normalized spacial score (nSPS) is 14.7. The van der Waals surface area contributed by atoms with Gasteiger partial charge < -0.3 is 5.11 Å². The van der Waals surface area contributed by atoms with E-state index in [-0.39, 0.29) is 10.4 Å². The number of aliphatic hydroxyl groups is 1. The Bertz CT molecular complexity index is 334. The van der Waals surface area contributed by atoms with Crippen molar-refractivity contribution < 1.29 is 9.90 Å². The first-order valence-electron chi connectivity index (χ1n) is 6.13. The van der Waals surface area contributed by atoms with Crippen LogP contribution in [0.2, 0.25) is 0 Å². The van der Waals surface area contributed by atoms with E-state index in [1.165, 1.54) is 38.5 Å². The molecule has 1 saturated carbocycles. The van der Waals surface area contributed by atoms with E-state index in [0.29, 0.717) is 5.56 Å². The van der Waals surface area contributed by atoms with Gasteiger partial charge in [-0.25, -0.2) is 0 Å². The standard InChI is InChI=1S/C8H7IO2.C6H12/c9-8(11)7-3-1-2-6(4-7)5-10;1-2-4-6-5-3-1/h1-4,10H,5H2;1-6H2. The SMILES string of the molecule is C1CCCCC1.O=C(I)c1cccc(CO)c1. The van der Waals surface area contributed by atoms with Gasteiger partial charge in [-0.15, -0.1) is 0 Å². The lowest BCUT2D eigenvalue weighted by Crippen LogP contribution is -1.90. The summed E-state index contributed by atoms with van der Waals surface area (Å²) in [5.41, 5.74) is 1.41. The van der Waals surface area contributed by atoms with Crippen LogP contribution < -0.4 is 0 Å². The average molecular weight is 346 g/mol. The van der Waals surface area contributed by atoms with Gasteiger partial charge in [0.2, 0.25) is 3.79 Å². The molecule has 1 aromatic carbocycles. The van der Waals surface area contributed by atoms with E-state index in [1.807, 2.05) is 0 Å². The Morgan fingerprint density at radius 3 is 2.06 bits per heavy atom. The summed E-state index contributed by atoms with van der Waals surface area (Å²) in [6.45, 7) is -0.0161. The van der Waals surface area contributed by atoms with Gasteiger partial charge in [-0.05, 0) is 11.6 Å².